The quantitative estimate of drug-likeness (QED) is 0.615. The van der Waals surface area contributed by atoms with Crippen molar-refractivity contribution in [2.24, 2.45) is 0 Å². The Labute approximate surface area is 160 Å². The number of nitrogens with one attached hydrogen (secondary N) is 2. The number of benzene rings is 2. The molecule has 0 aliphatic carbocycles. The third-order valence-corrected chi connectivity index (χ3v) is 4.05. The second-order valence-corrected chi connectivity index (χ2v) is 6.21. The Bertz CT molecular complexity index is 930. The largest absolute Gasteiger partial charge is 0.495 e. The number of anilines is 3. The van der Waals surface area contributed by atoms with Crippen LogP contribution in [0.15, 0.2) is 60.8 Å². The molecule has 26 heavy (non-hydrogen) atoms. The van der Waals surface area contributed by atoms with E-state index in [0.717, 1.165) is 11.4 Å². The Balaban J connectivity index is 1.68. The van der Waals surface area contributed by atoms with Gasteiger partial charge >= 0.3 is 0 Å². The zero-order valence-corrected chi connectivity index (χ0v) is 15.3. The molecule has 0 radical (unpaired) electrons. The van der Waals surface area contributed by atoms with Crippen LogP contribution in [0.5, 0.6) is 5.75 Å². The van der Waals surface area contributed by atoms with Gasteiger partial charge in [0.1, 0.15) is 11.4 Å². The molecule has 1 aromatic heterocycles. The Morgan fingerprint density at radius 1 is 1.00 bits per heavy atom. The normalized spacial score (nSPS) is 10.3. The number of carbonyl (C=O) groups excluding carboxylic acids is 1. The van der Waals surface area contributed by atoms with Crippen molar-refractivity contribution in [3.8, 4) is 5.75 Å². The molecule has 1 heterocycles. The molecule has 7 heteroatoms. The van der Waals surface area contributed by atoms with E-state index in [2.05, 4.69) is 15.6 Å². The molecular formula is C19H15Cl2N3O2. The summed E-state index contributed by atoms with van der Waals surface area (Å²) in [6.07, 6.45) is 1.58. The predicted molar refractivity (Wildman–Crippen MR) is 105 cm³/mol. The first kappa shape index (κ1) is 18.0. The summed E-state index contributed by atoms with van der Waals surface area (Å²) in [5, 5.41) is 6.97. The van der Waals surface area contributed by atoms with Crippen LogP contribution in [0.1, 0.15) is 10.5 Å². The highest BCUT2D eigenvalue weighted by Gasteiger charge is 2.09. The Morgan fingerprint density at radius 2 is 1.81 bits per heavy atom. The average molecular weight is 388 g/mol. The monoisotopic (exact) mass is 387 g/mol. The Hall–Kier alpha value is -2.76. The van der Waals surface area contributed by atoms with Crippen LogP contribution in [0.3, 0.4) is 0 Å². The molecule has 0 atom stereocenters. The van der Waals surface area contributed by atoms with E-state index in [0.29, 0.717) is 21.5 Å². The second kappa shape index (κ2) is 8.08. The zero-order chi connectivity index (χ0) is 18.5. The van der Waals surface area contributed by atoms with Gasteiger partial charge < -0.3 is 15.4 Å². The summed E-state index contributed by atoms with van der Waals surface area (Å²) < 4.78 is 5.09. The van der Waals surface area contributed by atoms with Crippen LogP contribution < -0.4 is 15.4 Å². The third-order valence-electron chi connectivity index (χ3n) is 3.52. The maximum absolute atomic E-state index is 12.3. The number of methoxy groups -OCH3 is 1. The van der Waals surface area contributed by atoms with Gasteiger partial charge in [-0.1, -0.05) is 29.3 Å². The van der Waals surface area contributed by atoms with E-state index in [1.54, 1.807) is 48.7 Å². The van der Waals surface area contributed by atoms with Crippen LogP contribution in [0.25, 0.3) is 0 Å². The highest BCUT2D eigenvalue weighted by atomic mass is 35.5. The number of aromatic nitrogens is 1. The van der Waals surface area contributed by atoms with Crippen molar-refractivity contribution >= 4 is 46.2 Å². The minimum absolute atomic E-state index is 0.286. The zero-order valence-electron chi connectivity index (χ0n) is 13.8. The van der Waals surface area contributed by atoms with E-state index >= 15 is 0 Å². The van der Waals surface area contributed by atoms with Crippen LogP contribution in [0.2, 0.25) is 10.0 Å². The summed E-state index contributed by atoms with van der Waals surface area (Å²) in [7, 11) is 1.53. The van der Waals surface area contributed by atoms with Gasteiger partial charge in [0, 0.05) is 16.4 Å². The van der Waals surface area contributed by atoms with Gasteiger partial charge in [-0.25, -0.2) is 4.98 Å². The molecule has 0 fully saturated rings. The summed E-state index contributed by atoms with van der Waals surface area (Å²) in [6, 6.07) is 15.7. The summed E-state index contributed by atoms with van der Waals surface area (Å²) >= 11 is 12.0. The van der Waals surface area contributed by atoms with Crippen molar-refractivity contribution in [3.63, 3.8) is 0 Å². The van der Waals surface area contributed by atoms with Crippen LogP contribution in [0, 0.1) is 0 Å². The minimum Gasteiger partial charge on any atom is -0.495 e. The Kier molecular flexibility index (Phi) is 5.61. The molecule has 5 nitrogen and oxygen atoms in total. The first-order valence-corrected chi connectivity index (χ1v) is 8.44. The lowest BCUT2D eigenvalue weighted by atomic mass is 10.2. The maximum Gasteiger partial charge on any atom is 0.274 e. The van der Waals surface area contributed by atoms with Crippen molar-refractivity contribution in [1.29, 1.82) is 0 Å². The van der Waals surface area contributed by atoms with Gasteiger partial charge in [-0.2, -0.15) is 0 Å². The molecule has 0 aliphatic rings. The Morgan fingerprint density at radius 3 is 2.46 bits per heavy atom. The van der Waals surface area contributed by atoms with Gasteiger partial charge in [0.25, 0.3) is 5.91 Å². The molecule has 0 unspecified atom stereocenters. The molecule has 0 aliphatic heterocycles. The number of rotatable bonds is 5. The topological polar surface area (TPSA) is 63.2 Å². The molecule has 1 amide bonds. The molecular weight excluding hydrogens is 373 g/mol. The van der Waals surface area contributed by atoms with Crippen LogP contribution in [0.4, 0.5) is 17.1 Å². The van der Waals surface area contributed by atoms with Gasteiger partial charge in [0.2, 0.25) is 0 Å². The number of nitrogens with zero attached hydrogens (tertiary/aromatic N) is 1. The van der Waals surface area contributed by atoms with Gasteiger partial charge in [0.15, 0.2) is 0 Å². The first-order chi connectivity index (χ1) is 12.5. The van der Waals surface area contributed by atoms with E-state index < -0.39 is 0 Å². The molecule has 0 saturated carbocycles. The number of pyridine rings is 1. The number of carbonyl (C=O) groups is 1. The van der Waals surface area contributed by atoms with Crippen LogP contribution in [-0.2, 0) is 0 Å². The SMILES string of the molecule is COc1ccc(NC(=O)c2ccc(Nc3cccc(Cl)c3)cn2)cc1Cl. The minimum atomic E-state index is -0.333. The fourth-order valence-corrected chi connectivity index (χ4v) is 2.72. The van der Waals surface area contributed by atoms with Gasteiger partial charge in [-0.05, 0) is 48.5 Å². The lowest BCUT2D eigenvalue weighted by molar-refractivity contribution is 0.102. The van der Waals surface area contributed by atoms with Gasteiger partial charge in [-0.3, -0.25) is 4.79 Å². The molecule has 3 aromatic rings. The van der Waals surface area contributed by atoms with Gasteiger partial charge in [-0.15, -0.1) is 0 Å². The third kappa shape index (κ3) is 4.45. The number of halogens is 2. The first-order valence-electron chi connectivity index (χ1n) is 7.69. The lowest BCUT2D eigenvalue weighted by Gasteiger charge is -2.09. The predicted octanol–water partition coefficient (Wildman–Crippen LogP) is 5.39. The molecule has 0 saturated heterocycles. The standard InChI is InChI=1S/C19H15Cl2N3O2/c1-26-18-8-6-14(10-16(18)21)24-19(25)17-7-5-15(11-22-17)23-13-4-2-3-12(20)9-13/h2-11,23H,1H3,(H,24,25). The molecule has 132 valence electrons. The molecule has 3 rings (SSSR count). The summed E-state index contributed by atoms with van der Waals surface area (Å²) in [6.45, 7) is 0. The molecule has 0 spiro atoms. The smallest absolute Gasteiger partial charge is 0.274 e. The van der Waals surface area contributed by atoms with Crippen molar-refractivity contribution in [2.45, 2.75) is 0 Å². The highest BCUT2D eigenvalue weighted by molar-refractivity contribution is 6.32. The fraction of sp³-hybridized carbons (Fsp3) is 0.0526. The van der Waals surface area contributed by atoms with Crippen LogP contribution >= 0.6 is 23.2 Å². The number of ether oxygens (including phenoxy) is 1. The highest BCUT2D eigenvalue weighted by Crippen LogP contribution is 2.27. The van der Waals surface area contributed by atoms with E-state index in [4.69, 9.17) is 27.9 Å². The lowest BCUT2D eigenvalue weighted by Crippen LogP contribution is -2.13. The van der Waals surface area contributed by atoms with E-state index in [1.807, 2.05) is 12.1 Å². The molecule has 0 bridgehead atoms. The van der Waals surface area contributed by atoms with E-state index in [-0.39, 0.29) is 11.6 Å². The van der Waals surface area contributed by atoms with Crippen molar-refractivity contribution < 1.29 is 9.53 Å². The second-order valence-electron chi connectivity index (χ2n) is 5.37. The molecule has 2 N–H and O–H groups in total. The summed E-state index contributed by atoms with van der Waals surface area (Å²) in [5.74, 6) is 0.208. The van der Waals surface area contributed by atoms with E-state index in [9.17, 15) is 4.79 Å². The number of amides is 1. The van der Waals surface area contributed by atoms with E-state index in [1.165, 1.54) is 7.11 Å². The van der Waals surface area contributed by atoms with Crippen LogP contribution in [-0.4, -0.2) is 18.0 Å². The van der Waals surface area contributed by atoms with Crippen molar-refractivity contribution in [2.75, 3.05) is 17.7 Å². The number of hydrogen-bond donors (Lipinski definition) is 2. The summed E-state index contributed by atoms with van der Waals surface area (Å²) in [5.41, 5.74) is 2.43. The maximum atomic E-state index is 12.3. The molecule has 2 aromatic carbocycles. The fourth-order valence-electron chi connectivity index (χ4n) is 2.27. The summed E-state index contributed by atoms with van der Waals surface area (Å²) in [4.78, 5) is 16.5. The van der Waals surface area contributed by atoms with Crippen molar-refractivity contribution in [3.05, 3.63) is 76.5 Å². The average Bonchev–Trinajstić information content (AvgIpc) is 2.62. The number of hydrogen-bond acceptors (Lipinski definition) is 4. The van der Waals surface area contributed by atoms with Crippen molar-refractivity contribution in [1.82, 2.24) is 4.98 Å². The van der Waals surface area contributed by atoms with Gasteiger partial charge in [0.05, 0.1) is 24.0 Å².